The average Bonchev–Trinajstić information content (AvgIpc) is 2.62. The van der Waals surface area contributed by atoms with Crippen molar-refractivity contribution in [2.24, 2.45) is 5.92 Å². The number of hydrogen-bond acceptors (Lipinski definition) is 2. The molecule has 0 unspecified atom stereocenters. The summed E-state index contributed by atoms with van der Waals surface area (Å²) < 4.78 is 5.53. The third-order valence-corrected chi connectivity index (χ3v) is 5.43. The lowest BCUT2D eigenvalue weighted by molar-refractivity contribution is 0.255. The zero-order chi connectivity index (χ0) is 16.8. The molecule has 0 heterocycles. The maximum absolute atomic E-state index is 10.7. The van der Waals surface area contributed by atoms with Crippen LogP contribution in [0.15, 0.2) is 29.2 Å². The number of hydrogen-bond donors (Lipinski definition) is 1. The van der Waals surface area contributed by atoms with Gasteiger partial charge in [0.2, 0.25) is 0 Å². The molecule has 0 spiro atoms. The van der Waals surface area contributed by atoms with Crippen molar-refractivity contribution >= 4 is 6.08 Å². The van der Waals surface area contributed by atoms with Crippen molar-refractivity contribution in [1.29, 1.82) is 0 Å². The normalized spacial score (nSPS) is 19.8. The fourth-order valence-corrected chi connectivity index (χ4v) is 4.13. The molecule has 2 aliphatic rings. The highest BCUT2D eigenvalue weighted by molar-refractivity contribution is 5.66. The maximum Gasteiger partial charge on any atom is 0.159 e. The Hall–Kier alpha value is -1.70. The Morgan fingerprint density at radius 1 is 1.17 bits per heavy atom. The molecule has 0 aromatic heterocycles. The molecule has 0 saturated heterocycles. The van der Waals surface area contributed by atoms with Crippen molar-refractivity contribution in [3.63, 3.8) is 0 Å². The van der Waals surface area contributed by atoms with Gasteiger partial charge in [0.1, 0.15) is 5.76 Å². The van der Waals surface area contributed by atoms with Gasteiger partial charge in [-0.25, -0.2) is 0 Å². The van der Waals surface area contributed by atoms with Gasteiger partial charge in [0, 0.05) is 12.0 Å². The number of aliphatic hydroxyl groups is 1. The van der Waals surface area contributed by atoms with Gasteiger partial charge in [-0.3, -0.25) is 0 Å². The minimum atomic E-state index is 0.225. The van der Waals surface area contributed by atoms with Crippen molar-refractivity contribution in [2.75, 3.05) is 7.11 Å². The van der Waals surface area contributed by atoms with Crippen molar-refractivity contribution in [3.8, 4) is 0 Å². The third-order valence-electron chi connectivity index (χ3n) is 5.43. The number of methoxy groups -OCH3 is 1. The number of fused-ring (bicyclic) bond motifs is 3. The van der Waals surface area contributed by atoms with Gasteiger partial charge in [-0.2, -0.15) is 0 Å². The minimum Gasteiger partial charge on any atom is -0.508 e. The molecule has 0 aliphatic heterocycles. The monoisotopic (exact) mass is 312 g/mol. The zero-order valence-electron chi connectivity index (χ0n) is 15.0. The van der Waals surface area contributed by atoms with E-state index in [1.807, 2.05) is 0 Å². The van der Waals surface area contributed by atoms with Crippen molar-refractivity contribution in [2.45, 2.75) is 58.8 Å². The summed E-state index contributed by atoms with van der Waals surface area (Å²) in [5, 5.41) is 10.7. The molecule has 1 aromatic rings. The second-order valence-electron chi connectivity index (χ2n) is 7.81. The summed E-state index contributed by atoms with van der Waals surface area (Å²) in [5.74, 6) is 1.33. The van der Waals surface area contributed by atoms with Crippen molar-refractivity contribution in [3.05, 3.63) is 51.5 Å². The Morgan fingerprint density at radius 3 is 2.57 bits per heavy atom. The molecule has 0 bridgehead atoms. The van der Waals surface area contributed by atoms with Crippen LogP contribution in [0, 0.1) is 5.92 Å². The zero-order valence-corrected chi connectivity index (χ0v) is 15.0. The van der Waals surface area contributed by atoms with Crippen LogP contribution in [0.25, 0.3) is 6.08 Å². The predicted molar refractivity (Wildman–Crippen MR) is 95.6 cm³/mol. The highest BCUT2D eigenvalue weighted by atomic mass is 16.5. The van der Waals surface area contributed by atoms with Crippen LogP contribution in [0.5, 0.6) is 0 Å². The Bertz CT molecular complexity index is 690. The van der Waals surface area contributed by atoms with Gasteiger partial charge in [0.05, 0.1) is 7.11 Å². The first-order valence-electron chi connectivity index (χ1n) is 8.68. The highest BCUT2D eigenvalue weighted by Gasteiger charge is 2.31. The van der Waals surface area contributed by atoms with Crippen LogP contribution < -0.4 is 0 Å². The second kappa shape index (κ2) is 5.74. The van der Waals surface area contributed by atoms with E-state index in [4.69, 9.17) is 4.74 Å². The molecule has 124 valence electrons. The summed E-state index contributed by atoms with van der Waals surface area (Å²) >= 11 is 0. The van der Waals surface area contributed by atoms with Gasteiger partial charge in [0.15, 0.2) is 5.76 Å². The van der Waals surface area contributed by atoms with Crippen molar-refractivity contribution < 1.29 is 9.84 Å². The van der Waals surface area contributed by atoms with Gasteiger partial charge in [0.25, 0.3) is 0 Å². The molecule has 0 amide bonds. The molecule has 0 radical (unpaired) electrons. The minimum absolute atomic E-state index is 0.225. The quantitative estimate of drug-likeness (QED) is 0.801. The van der Waals surface area contributed by atoms with Gasteiger partial charge in [-0.05, 0) is 58.9 Å². The maximum atomic E-state index is 10.7. The first-order valence-corrected chi connectivity index (χ1v) is 8.68. The van der Waals surface area contributed by atoms with Crippen LogP contribution in [0.1, 0.15) is 62.8 Å². The van der Waals surface area contributed by atoms with E-state index < -0.39 is 0 Å². The molecule has 1 aromatic carbocycles. The topological polar surface area (TPSA) is 29.5 Å². The van der Waals surface area contributed by atoms with Crippen LogP contribution in [0.3, 0.4) is 0 Å². The summed E-state index contributed by atoms with van der Waals surface area (Å²) in [6.45, 7) is 8.95. The Morgan fingerprint density at radius 2 is 1.91 bits per heavy atom. The summed E-state index contributed by atoms with van der Waals surface area (Å²) in [7, 11) is 1.65. The first-order chi connectivity index (χ1) is 10.8. The van der Waals surface area contributed by atoms with Gasteiger partial charge < -0.3 is 9.84 Å². The lowest BCUT2D eigenvalue weighted by atomic mass is 9.70. The molecule has 0 fully saturated rings. The highest BCUT2D eigenvalue weighted by Crippen LogP contribution is 2.41. The van der Waals surface area contributed by atoms with Gasteiger partial charge in [-0.15, -0.1) is 0 Å². The number of aliphatic hydroxyl groups excluding tert-OH is 1. The van der Waals surface area contributed by atoms with E-state index in [9.17, 15) is 5.11 Å². The lowest BCUT2D eigenvalue weighted by Crippen LogP contribution is -2.25. The first kappa shape index (κ1) is 16.2. The SMILES string of the molecule is COC1=C(O)Cc2c(ccc3c2CCCC3(C)C)C=C1C(C)C. The van der Waals surface area contributed by atoms with Crippen LogP contribution in [0.2, 0.25) is 0 Å². The molecule has 2 heteroatoms. The molecule has 1 N–H and O–H groups in total. The van der Waals surface area contributed by atoms with E-state index in [1.54, 1.807) is 7.11 Å². The largest absolute Gasteiger partial charge is 0.508 e. The van der Waals surface area contributed by atoms with Crippen LogP contribution in [0.4, 0.5) is 0 Å². The lowest BCUT2D eigenvalue weighted by Gasteiger charge is -2.34. The summed E-state index contributed by atoms with van der Waals surface area (Å²) in [5.41, 5.74) is 6.74. The summed E-state index contributed by atoms with van der Waals surface area (Å²) in [6.07, 6.45) is 6.35. The molecular formula is C21H28O2. The fourth-order valence-electron chi connectivity index (χ4n) is 4.13. The van der Waals surface area contributed by atoms with Gasteiger partial charge in [-0.1, -0.05) is 39.8 Å². The van der Waals surface area contributed by atoms with E-state index in [2.05, 4.69) is 45.9 Å². The number of benzene rings is 1. The second-order valence-corrected chi connectivity index (χ2v) is 7.81. The smallest absolute Gasteiger partial charge is 0.159 e. The number of allylic oxidation sites excluding steroid dienone is 2. The van der Waals surface area contributed by atoms with E-state index in [0.717, 1.165) is 12.0 Å². The molecule has 0 atom stereocenters. The Balaban J connectivity index is 2.22. The number of ether oxygens (including phenoxy) is 1. The predicted octanol–water partition coefficient (Wildman–Crippen LogP) is 5.31. The standard InChI is InChI=1S/C21H28O2/c1-13(2)16-11-14-8-9-18-15(7-6-10-21(18,3)4)17(14)12-19(22)20(16)23-5/h8-9,11,13,22H,6-7,10,12H2,1-5H3. The van der Waals surface area contributed by atoms with E-state index in [-0.39, 0.29) is 5.41 Å². The Labute approximate surface area is 139 Å². The van der Waals surface area contributed by atoms with Crippen LogP contribution in [-0.4, -0.2) is 12.2 Å². The van der Waals surface area contributed by atoms with Crippen molar-refractivity contribution in [1.82, 2.24) is 0 Å². The van der Waals surface area contributed by atoms with Gasteiger partial charge >= 0.3 is 0 Å². The van der Waals surface area contributed by atoms with E-state index in [1.165, 1.54) is 35.1 Å². The molecule has 23 heavy (non-hydrogen) atoms. The molecule has 0 saturated carbocycles. The third kappa shape index (κ3) is 2.69. The molecule has 3 rings (SSSR count). The molecule has 2 aliphatic carbocycles. The average molecular weight is 312 g/mol. The molecule has 2 nitrogen and oxygen atoms in total. The summed E-state index contributed by atoms with van der Waals surface area (Å²) in [6, 6.07) is 4.53. The summed E-state index contributed by atoms with van der Waals surface area (Å²) in [4.78, 5) is 0. The fraction of sp³-hybridized carbons (Fsp3) is 0.524. The van der Waals surface area contributed by atoms with E-state index >= 15 is 0 Å². The Kier molecular flexibility index (Phi) is 4.03. The number of rotatable bonds is 2. The molecular weight excluding hydrogens is 284 g/mol. The van der Waals surface area contributed by atoms with Crippen LogP contribution >= 0.6 is 0 Å². The van der Waals surface area contributed by atoms with E-state index in [0.29, 0.717) is 23.9 Å². The van der Waals surface area contributed by atoms with Crippen LogP contribution in [-0.2, 0) is 23.0 Å².